The first kappa shape index (κ1) is 15.6. The van der Waals surface area contributed by atoms with Crippen molar-refractivity contribution in [1.82, 2.24) is 9.80 Å². The minimum absolute atomic E-state index is 0.0302. The van der Waals surface area contributed by atoms with Gasteiger partial charge < -0.3 is 14.7 Å². The number of aliphatic carboxylic acids is 1. The third kappa shape index (κ3) is 2.80. The monoisotopic (exact) mass is 302 g/mol. The summed E-state index contributed by atoms with van der Waals surface area (Å²) in [4.78, 5) is 27.6. The number of methoxy groups -OCH3 is 1. The van der Waals surface area contributed by atoms with Crippen molar-refractivity contribution in [3.05, 3.63) is 0 Å². The number of carbonyl (C=O) groups excluding carboxylic acids is 1. The molecule has 0 spiro atoms. The molecule has 2 heterocycles. The first-order valence-electron chi connectivity index (χ1n) is 6.75. The normalized spacial score (nSPS) is 29.7. The molecule has 20 heavy (non-hydrogen) atoms. The zero-order chi connectivity index (χ0) is 14.8. The molecule has 2 aliphatic rings. The second-order valence-electron chi connectivity index (χ2n) is 5.59. The minimum atomic E-state index is -0.790. The van der Waals surface area contributed by atoms with E-state index in [9.17, 15) is 14.7 Å². The number of carboxylic acids is 1. The number of hydrogen-bond donors (Lipinski definition) is 1. The maximum absolute atomic E-state index is 12.0. The predicted octanol–water partition coefficient (Wildman–Crippen LogP) is -0.159. The molecule has 7 heteroatoms. The summed E-state index contributed by atoms with van der Waals surface area (Å²) in [7, 11) is 1.65. The first-order valence-corrected chi connectivity index (χ1v) is 8.14. The maximum atomic E-state index is 12.0. The van der Waals surface area contributed by atoms with Gasteiger partial charge in [0.05, 0.1) is 12.4 Å². The number of carboxylic acid groups (broad SMARTS) is 1. The lowest BCUT2D eigenvalue weighted by atomic mass is 9.81. The largest absolute Gasteiger partial charge is 0.481 e. The van der Waals surface area contributed by atoms with Crippen molar-refractivity contribution in [3.63, 3.8) is 0 Å². The Kier molecular flexibility index (Phi) is 4.93. The summed E-state index contributed by atoms with van der Waals surface area (Å²) in [6.45, 7) is 3.52. The van der Waals surface area contributed by atoms with Crippen molar-refractivity contribution in [2.45, 2.75) is 0 Å². The molecule has 0 unspecified atom stereocenters. The lowest BCUT2D eigenvalue weighted by Crippen LogP contribution is -2.42. The molecule has 2 saturated heterocycles. The van der Waals surface area contributed by atoms with E-state index in [1.165, 1.54) is 11.8 Å². The zero-order valence-electron chi connectivity index (χ0n) is 12.0. The van der Waals surface area contributed by atoms with E-state index >= 15 is 0 Å². The van der Waals surface area contributed by atoms with Crippen molar-refractivity contribution >= 4 is 23.6 Å². The highest BCUT2D eigenvalue weighted by Gasteiger charge is 2.58. The third-order valence-electron chi connectivity index (χ3n) is 4.34. The van der Waals surface area contributed by atoms with Gasteiger partial charge in [0.2, 0.25) is 5.91 Å². The average Bonchev–Trinajstić information content (AvgIpc) is 2.91. The Labute approximate surface area is 123 Å². The number of hydrogen-bond acceptors (Lipinski definition) is 5. The molecule has 2 aliphatic heterocycles. The molecule has 2 fully saturated rings. The van der Waals surface area contributed by atoms with Gasteiger partial charge in [-0.05, 0) is 6.26 Å². The van der Waals surface area contributed by atoms with Gasteiger partial charge in [0.15, 0.2) is 0 Å². The van der Waals surface area contributed by atoms with E-state index in [0.29, 0.717) is 32.0 Å². The molecule has 0 aliphatic carbocycles. The molecule has 0 bridgehead atoms. The molecule has 0 aromatic heterocycles. The number of ether oxygens (including phenoxy) is 1. The Hall–Kier alpha value is -0.790. The number of nitrogens with zero attached hydrogens (tertiary/aromatic N) is 2. The van der Waals surface area contributed by atoms with Crippen LogP contribution >= 0.6 is 11.8 Å². The maximum Gasteiger partial charge on any atom is 0.313 e. The predicted molar refractivity (Wildman–Crippen MR) is 76.8 cm³/mol. The summed E-state index contributed by atoms with van der Waals surface area (Å²) in [5.41, 5.74) is -0.790. The van der Waals surface area contributed by atoms with Crippen LogP contribution in [-0.4, -0.2) is 85.2 Å². The van der Waals surface area contributed by atoms with E-state index in [0.717, 1.165) is 13.1 Å². The van der Waals surface area contributed by atoms with E-state index in [-0.39, 0.29) is 11.8 Å². The van der Waals surface area contributed by atoms with Crippen molar-refractivity contribution in [2.75, 3.05) is 58.4 Å². The van der Waals surface area contributed by atoms with Gasteiger partial charge in [0, 0.05) is 45.8 Å². The molecule has 1 N–H and O–H groups in total. The highest BCUT2D eigenvalue weighted by atomic mass is 32.2. The van der Waals surface area contributed by atoms with Gasteiger partial charge in [-0.3, -0.25) is 14.5 Å². The molecule has 0 aromatic carbocycles. The van der Waals surface area contributed by atoms with Gasteiger partial charge in [-0.15, -0.1) is 0 Å². The summed E-state index contributed by atoms with van der Waals surface area (Å²) in [5, 5.41) is 9.65. The van der Waals surface area contributed by atoms with Crippen molar-refractivity contribution < 1.29 is 19.4 Å². The molecule has 2 rings (SSSR count). The standard InChI is InChI=1S/C13H22N2O4S/c1-19-4-3-14-5-10-6-15(11(16)7-20-2)9-13(10,8-14)12(17)18/h10H,3-9H2,1-2H3,(H,17,18)/t10-,13-/m0/s1. The summed E-state index contributed by atoms with van der Waals surface area (Å²) in [6, 6.07) is 0. The van der Waals surface area contributed by atoms with Crippen LogP contribution in [0.3, 0.4) is 0 Å². The van der Waals surface area contributed by atoms with E-state index in [2.05, 4.69) is 4.90 Å². The second-order valence-corrected chi connectivity index (χ2v) is 6.46. The van der Waals surface area contributed by atoms with Gasteiger partial charge in [-0.2, -0.15) is 11.8 Å². The molecule has 0 radical (unpaired) electrons. The number of amides is 1. The molecular formula is C13H22N2O4S. The van der Waals surface area contributed by atoms with Crippen LogP contribution < -0.4 is 0 Å². The van der Waals surface area contributed by atoms with E-state index in [4.69, 9.17) is 4.74 Å². The highest BCUT2D eigenvalue weighted by molar-refractivity contribution is 7.99. The Bertz CT molecular complexity index is 393. The van der Waals surface area contributed by atoms with Crippen molar-refractivity contribution in [1.29, 1.82) is 0 Å². The van der Waals surface area contributed by atoms with Crippen LogP contribution in [0.2, 0.25) is 0 Å². The van der Waals surface area contributed by atoms with E-state index in [1.54, 1.807) is 12.0 Å². The molecular weight excluding hydrogens is 280 g/mol. The molecule has 114 valence electrons. The minimum Gasteiger partial charge on any atom is -0.481 e. The zero-order valence-corrected chi connectivity index (χ0v) is 12.8. The van der Waals surface area contributed by atoms with Crippen LogP contribution in [0.15, 0.2) is 0 Å². The lowest BCUT2D eigenvalue weighted by molar-refractivity contribution is -0.149. The topological polar surface area (TPSA) is 70.1 Å². The van der Waals surface area contributed by atoms with Gasteiger partial charge >= 0.3 is 5.97 Å². The molecule has 6 nitrogen and oxygen atoms in total. The Morgan fingerprint density at radius 3 is 2.70 bits per heavy atom. The number of rotatable bonds is 6. The van der Waals surface area contributed by atoms with Crippen molar-refractivity contribution in [3.8, 4) is 0 Å². The van der Waals surface area contributed by atoms with Gasteiger partial charge in [0.25, 0.3) is 0 Å². The van der Waals surface area contributed by atoms with E-state index < -0.39 is 11.4 Å². The van der Waals surface area contributed by atoms with Crippen LogP contribution in [0.25, 0.3) is 0 Å². The van der Waals surface area contributed by atoms with Crippen molar-refractivity contribution in [2.24, 2.45) is 11.3 Å². The quantitative estimate of drug-likeness (QED) is 0.735. The van der Waals surface area contributed by atoms with E-state index in [1.807, 2.05) is 6.26 Å². The average molecular weight is 302 g/mol. The Morgan fingerprint density at radius 1 is 1.40 bits per heavy atom. The second kappa shape index (κ2) is 6.32. The van der Waals surface area contributed by atoms with Crippen LogP contribution in [0.1, 0.15) is 0 Å². The molecule has 1 amide bonds. The summed E-state index contributed by atoms with van der Waals surface area (Å²) >= 11 is 1.48. The fourth-order valence-corrected chi connectivity index (χ4v) is 3.70. The SMILES string of the molecule is COCCN1C[C@H]2CN(C(=O)CSC)C[C@@]2(C(=O)O)C1. The first-order chi connectivity index (χ1) is 9.53. The lowest BCUT2D eigenvalue weighted by Gasteiger charge is -2.25. The number of thioether (sulfide) groups is 1. The summed E-state index contributed by atoms with van der Waals surface area (Å²) in [5.74, 6) is -0.268. The number of carbonyl (C=O) groups is 2. The van der Waals surface area contributed by atoms with Crippen LogP contribution in [0.5, 0.6) is 0 Å². The van der Waals surface area contributed by atoms with Gasteiger partial charge in [0.1, 0.15) is 5.41 Å². The summed E-state index contributed by atoms with van der Waals surface area (Å²) < 4.78 is 5.05. The molecule has 0 aromatic rings. The fourth-order valence-electron chi connectivity index (χ4n) is 3.27. The van der Waals surface area contributed by atoms with Crippen LogP contribution in [-0.2, 0) is 14.3 Å². The van der Waals surface area contributed by atoms with Crippen LogP contribution in [0.4, 0.5) is 0 Å². The molecule has 2 atom stereocenters. The highest BCUT2D eigenvalue weighted by Crippen LogP contribution is 2.42. The fraction of sp³-hybridized carbons (Fsp3) is 0.846. The number of likely N-dealkylation sites (tertiary alicyclic amines) is 2. The Morgan fingerprint density at radius 2 is 2.15 bits per heavy atom. The molecule has 0 saturated carbocycles. The summed E-state index contributed by atoms with van der Waals surface area (Å²) in [6.07, 6.45) is 1.88. The van der Waals surface area contributed by atoms with Gasteiger partial charge in [-0.25, -0.2) is 0 Å². The van der Waals surface area contributed by atoms with Gasteiger partial charge in [-0.1, -0.05) is 0 Å². The van der Waals surface area contributed by atoms with Crippen LogP contribution in [0, 0.1) is 11.3 Å². The smallest absolute Gasteiger partial charge is 0.313 e. The number of fused-ring (bicyclic) bond motifs is 1. The Balaban J connectivity index is 2.05. The third-order valence-corrected chi connectivity index (χ3v) is 4.87.